The van der Waals surface area contributed by atoms with E-state index in [0.717, 1.165) is 5.69 Å². The van der Waals surface area contributed by atoms with Gasteiger partial charge in [-0.3, -0.25) is 9.59 Å². The van der Waals surface area contributed by atoms with Gasteiger partial charge in [0, 0.05) is 44.1 Å². The number of hydrogen-bond donors (Lipinski definition) is 1. The van der Waals surface area contributed by atoms with Crippen LogP contribution in [0.5, 0.6) is 0 Å². The Morgan fingerprint density at radius 1 is 1.12 bits per heavy atom. The fraction of sp³-hybridized carbons (Fsp3) is 0.263. The molecule has 136 valence electrons. The molecule has 0 radical (unpaired) electrons. The SMILES string of the molecule is CN(C)c1ccc(NC(=O)C2CC(=O)N(c3ccc(Cl)c(Cl)c3)C2)cc1. The van der Waals surface area contributed by atoms with Crippen molar-refractivity contribution >= 4 is 52.1 Å². The standard InChI is InChI=1S/C19H19Cl2N3O2/c1-23(2)14-5-3-13(4-6-14)22-19(26)12-9-18(25)24(11-12)15-7-8-16(20)17(21)10-15/h3-8,10,12H,9,11H2,1-2H3,(H,22,26). The molecule has 0 aromatic heterocycles. The molecule has 1 saturated heterocycles. The van der Waals surface area contributed by atoms with Gasteiger partial charge < -0.3 is 15.1 Å². The van der Waals surface area contributed by atoms with Gasteiger partial charge in [0.2, 0.25) is 11.8 Å². The molecule has 26 heavy (non-hydrogen) atoms. The third-order valence-corrected chi connectivity index (χ3v) is 5.10. The summed E-state index contributed by atoms with van der Waals surface area (Å²) in [5.41, 5.74) is 2.40. The van der Waals surface area contributed by atoms with Crippen LogP contribution in [0.2, 0.25) is 10.0 Å². The van der Waals surface area contributed by atoms with Crippen molar-refractivity contribution in [1.82, 2.24) is 0 Å². The molecule has 1 aliphatic heterocycles. The molecule has 1 atom stereocenters. The van der Waals surface area contributed by atoms with Crippen LogP contribution in [0.1, 0.15) is 6.42 Å². The zero-order chi connectivity index (χ0) is 18.8. The van der Waals surface area contributed by atoms with Crippen LogP contribution in [0.4, 0.5) is 17.1 Å². The van der Waals surface area contributed by atoms with Crippen LogP contribution in [-0.4, -0.2) is 32.5 Å². The number of amides is 2. The van der Waals surface area contributed by atoms with Gasteiger partial charge in [0.25, 0.3) is 0 Å². The lowest BCUT2D eigenvalue weighted by Crippen LogP contribution is -2.28. The molecule has 1 aliphatic rings. The number of carbonyl (C=O) groups is 2. The van der Waals surface area contributed by atoms with Gasteiger partial charge in [0.1, 0.15) is 0 Å². The number of nitrogens with zero attached hydrogens (tertiary/aromatic N) is 2. The zero-order valence-corrected chi connectivity index (χ0v) is 16.0. The van der Waals surface area contributed by atoms with E-state index < -0.39 is 5.92 Å². The molecular formula is C19H19Cl2N3O2. The average molecular weight is 392 g/mol. The lowest BCUT2D eigenvalue weighted by Gasteiger charge is -2.17. The van der Waals surface area contributed by atoms with Crippen LogP contribution in [0.3, 0.4) is 0 Å². The first-order chi connectivity index (χ1) is 12.3. The van der Waals surface area contributed by atoms with Crippen LogP contribution in [0.25, 0.3) is 0 Å². The Bertz CT molecular complexity index is 837. The summed E-state index contributed by atoms with van der Waals surface area (Å²) in [6, 6.07) is 12.6. The highest BCUT2D eigenvalue weighted by molar-refractivity contribution is 6.42. The summed E-state index contributed by atoms with van der Waals surface area (Å²) in [4.78, 5) is 28.4. The van der Waals surface area contributed by atoms with E-state index in [2.05, 4.69) is 5.32 Å². The van der Waals surface area contributed by atoms with Gasteiger partial charge in [-0.1, -0.05) is 23.2 Å². The molecule has 1 fully saturated rings. The van der Waals surface area contributed by atoms with Crippen molar-refractivity contribution in [2.75, 3.05) is 35.8 Å². The van der Waals surface area contributed by atoms with E-state index in [9.17, 15) is 9.59 Å². The smallest absolute Gasteiger partial charge is 0.229 e. The van der Waals surface area contributed by atoms with Crippen molar-refractivity contribution in [1.29, 1.82) is 0 Å². The molecule has 2 aromatic carbocycles. The van der Waals surface area contributed by atoms with Gasteiger partial charge >= 0.3 is 0 Å². The van der Waals surface area contributed by atoms with E-state index in [1.165, 1.54) is 0 Å². The van der Waals surface area contributed by atoms with E-state index in [1.807, 2.05) is 43.3 Å². The molecule has 2 amide bonds. The maximum atomic E-state index is 12.5. The summed E-state index contributed by atoms with van der Waals surface area (Å²) in [5, 5.41) is 3.69. The highest BCUT2D eigenvalue weighted by atomic mass is 35.5. The van der Waals surface area contributed by atoms with E-state index in [1.54, 1.807) is 23.1 Å². The summed E-state index contributed by atoms with van der Waals surface area (Å²) < 4.78 is 0. The maximum Gasteiger partial charge on any atom is 0.229 e. The quantitative estimate of drug-likeness (QED) is 0.854. The van der Waals surface area contributed by atoms with Crippen LogP contribution in [-0.2, 0) is 9.59 Å². The van der Waals surface area contributed by atoms with Gasteiger partial charge in [0.05, 0.1) is 16.0 Å². The molecule has 2 aromatic rings. The number of anilines is 3. The number of hydrogen-bond acceptors (Lipinski definition) is 3. The Labute approximate surface area is 162 Å². The van der Waals surface area contributed by atoms with Crippen LogP contribution in [0, 0.1) is 5.92 Å². The summed E-state index contributed by atoms with van der Waals surface area (Å²) >= 11 is 11.9. The fourth-order valence-electron chi connectivity index (χ4n) is 2.87. The molecule has 0 spiro atoms. The summed E-state index contributed by atoms with van der Waals surface area (Å²) in [6.07, 6.45) is 0.169. The van der Waals surface area contributed by atoms with Gasteiger partial charge in [-0.25, -0.2) is 0 Å². The number of rotatable bonds is 4. The Morgan fingerprint density at radius 2 is 1.81 bits per heavy atom. The van der Waals surface area contributed by atoms with Crippen LogP contribution in [0.15, 0.2) is 42.5 Å². The first-order valence-corrected chi connectivity index (χ1v) is 8.94. The molecule has 0 saturated carbocycles. The third kappa shape index (κ3) is 3.94. The Morgan fingerprint density at radius 3 is 2.42 bits per heavy atom. The van der Waals surface area contributed by atoms with E-state index in [4.69, 9.17) is 23.2 Å². The van der Waals surface area contributed by atoms with Crippen LogP contribution < -0.4 is 15.1 Å². The van der Waals surface area contributed by atoms with Crippen molar-refractivity contribution in [3.8, 4) is 0 Å². The largest absolute Gasteiger partial charge is 0.378 e. The third-order valence-electron chi connectivity index (χ3n) is 4.36. The van der Waals surface area contributed by atoms with E-state index in [0.29, 0.717) is 28.0 Å². The minimum atomic E-state index is -0.412. The van der Waals surface area contributed by atoms with E-state index >= 15 is 0 Å². The second kappa shape index (κ2) is 7.56. The highest BCUT2D eigenvalue weighted by Crippen LogP contribution is 2.31. The number of halogens is 2. The van der Waals surface area contributed by atoms with Gasteiger partial charge in [-0.05, 0) is 42.5 Å². The van der Waals surface area contributed by atoms with Gasteiger partial charge in [-0.2, -0.15) is 0 Å². The van der Waals surface area contributed by atoms with Crippen LogP contribution >= 0.6 is 23.2 Å². The minimum absolute atomic E-state index is 0.105. The fourth-order valence-corrected chi connectivity index (χ4v) is 3.17. The first kappa shape index (κ1) is 18.5. The Kier molecular flexibility index (Phi) is 5.39. The summed E-state index contributed by atoms with van der Waals surface area (Å²) in [5.74, 6) is -0.685. The topological polar surface area (TPSA) is 52.7 Å². The first-order valence-electron chi connectivity index (χ1n) is 8.19. The van der Waals surface area contributed by atoms with Gasteiger partial charge in [0.15, 0.2) is 0 Å². The molecule has 1 unspecified atom stereocenters. The molecule has 0 aliphatic carbocycles. The lowest BCUT2D eigenvalue weighted by atomic mass is 10.1. The molecule has 3 rings (SSSR count). The molecular weight excluding hydrogens is 373 g/mol. The van der Waals surface area contributed by atoms with Crippen molar-refractivity contribution in [2.24, 2.45) is 5.92 Å². The number of benzene rings is 2. The normalized spacial score (nSPS) is 16.7. The predicted octanol–water partition coefficient (Wildman–Crippen LogP) is 4.05. The maximum absolute atomic E-state index is 12.5. The molecule has 5 nitrogen and oxygen atoms in total. The monoisotopic (exact) mass is 391 g/mol. The molecule has 1 N–H and O–H groups in total. The second-order valence-corrected chi connectivity index (χ2v) is 7.25. The summed E-state index contributed by atoms with van der Waals surface area (Å²) in [6.45, 7) is 0.318. The van der Waals surface area contributed by atoms with Crippen molar-refractivity contribution < 1.29 is 9.59 Å². The molecule has 0 bridgehead atoms. The van der Waals surface area contributed by atoms with Crippen molar-refractivity contribution in [3.63, 3.8) is 0 Å². The Balaban J connectivity index is 1.67. The number of nitrogens with one attached hydrogen (secondary N) is 1. The highest BCUT2D eigenvalue weighted by Gasteiger charge is 2.35. The minimum Gasteiger partial charge on any atom is -0.378 e. The second-order valence-electron chi connectivity index (χ2n) is 6.43. The lowest BCUT2D eigenvalue weighted by molar-refractivity contribution is -0.122. The van der Waals surface area contributed by atoms with E-state index in [-0.39, 0.29) is 18.2 Å². The van der Waals surface area contributed by atoms with Gasteiger partial charge in [-0.15, -0.1) is 0 Å². The number of carbonyl (C=O) groups excluding carboxylic acids is 2. The predicted molar refractivity (Wildman–Crippen MR) is 106 cm³/mol. The zero-order valence-electron chi connectivity index (χ0n) is 14.5. The van der Waals surface area contributed by atoms with Crippen molar-refractivity contribution in [2.45, 2.75) is 6.42 Å². The molecule has 7 heteroatoms. The molecule has 1 heterocycles. The average Bonchev–Trinajstić information content (AvgIpc) is 3.00. The van der Waals surface area contributed by atoms with Crippen molar-refractivity contribution in [3.05, 3.63) is 52.5 Å². The Hall–Kier alpha value is -2.24. The summed E-state index contributed by atoms with van der Waals surface area (Å²) in [7, 11) is 3.91.